The molecule has 1 aliphatic carbocycles. The van der Waals surface area contributed by atoms with E-state index in [1.165, 1.54) is 42.4 Å². The minimum Gasteiger partial charge on any atom is -0.377 e. The first-order valence-corrected chi connectivity index (χ1v) is 8.71. The summed E-state index contributed by atoms with van der Waals surface area (Å²) < 4.78 is 5.61. The molecule has 0 radical (unpaired) electrons. The highest BCUT2D eigenvalue weighted by atomic mass is 16.5. The van der Waals surface area contributed by atoms with Crippen molar-refractivity contribution in [2.45, 2.75) is 31.6 Å². The lowest BCUT2D eigenvalue weighted by Gasteiger charge is -2.28. The van der Waals surface area contributed by atoms with Gasteiger partial charge in [0.15, 0.2) is 0 Å². The summed E-state index contributed by atoms with van der Waals surface area (Å²) in [5.74, 6) is 1.45. The second kappa shape index (κ2) is 8.12. The molecule has 0 heterocycles. The quantitative estimate of drug-likeness (QED) is 0.482. The average molecular weight is 306 g/mol. The highest BCUT2D eigenvalue weighted by molar-refractivity contribution is 5.63. The molecule has 1 nitrogen and oxygen atoms in total. The van der Waals surface area contributed by atoms with Gasteiger partial charge in [-0.25, -0.2) is 0 Å². The molecule has 1 heteroatoms. The van der Waals surface area contributed by atoms with Gasteiger partial charge in [-0.3, -0.25) is 0 Å². The van der Waals surface area contributed by atoms with Crippen LogP contribution in [0, 0.1) is 5.92 Å². The maximum atomic E-state index is 5.61. The number of hydrogen-bond donors (Lipinski definition) is 0. The molecule has 120 valence electrons. The third kappa shape index (κ3) is 4.33. The normalized spacial score (nSPS) is 21.0. The summed E-state index contributed by atoms with van der Waals surface area (Å²) in [5.41, 5.74) is 4.10. The van der Waals surface area contributed by atoms with Crippen molar-refractivity contribution in [3.63, 3.8) is 0 Å². The molecule has 1 aliphatic rings. The molecule has 2 aromatic rings. The van der Waals surface area contributed by atoms with Gasteiger partial charge < -0.3 is 4.74 Å². The maximum absolute atomic E-state index is 5.61. The molecule has 0 unspecified atom stereocenters. The molecule has 0 saturated heterocycles. The molecule has 0 atom stereocenters. The van der Waals surface area contributed by atoms with Crippen LogP contribution < -0.4 is 0 Å². The van der Waals surface area contributed by atoms with Gasteiger partial charge in [-0.2, -0.15) is 0 Å². The van der Waals surface area contributed by atoms with E-state index in [0.29, 0.717) is 6.61 Å². The van der Waals surface area contributed by atoms with Crippen molar-refractivity contribution in [1.82, 2.24) is 0 Å². The zero-order chi connectivity index (χ0) is 15.9. The lowest BCUT2D eigenvalue weighted by atomic mass is 9.79. The van der Waals surface area contributed by atoms with E-state index in [4.69, 9.17) is 4.74 Å². The fourth-order valence-corrected chi connectivity index (χ4v) is 3.56. The molecular formula is C22H26O. The Kier molecular flexibility index (Phi) is 5.65. The van der Waals surface area contributed by atoms with Crippen molar-refractivity contribution in [3.8, 4) is 11.1 Å². The summed E-state index contributed by atoms with van der Waals surface area (Å²) in [7, 11) is 0. The molecular weight excluding hydrogens is 280 g/mol. The van der Waals surface area contributed by atoms with Crippen molar-refractivity contribution in [1.29, 1.82) is 0 Å². The predicted octanol–water partition coefficient (Wildman–Crippen LogP) is 5.83. The van der Waals surface area contributed by atoms with Gasteiger partial charge in [0.05, 0.1) is 6.61 Å². The first kappa shape index (κ1) is 16.0. The van der Waals surface area contributed by atoms with Gasteiger partial charge in [0, 0.05) is 6.61 Å². The van der Waals surface area contributed by atoms with Crippen molar-refractivity contribution < 1.29 is 4.74 Å². The van der Waals surface area contributed by atoms with E-state index in [2.05, 4.69) is 61.2 Å². The SMILES string of the molecule is C=CCOCC1CCC(c2ccc(-c3ccccc3)cc2)CC1. The summed E-state index contributed by atoms with van der Waals surface area (Å²) in [6, 6.07) is 19.8. The van der Waals surface area contributed by atoms with Crippen LogP contribution in [0.25, 0.3) is 11.1 Å². The second-order valence-corrected chi connectivity index (χ2v) is 6.53. The monoisotopic (exact) mass is 306 g/mol. The molecule has 0 N–H and O–H groups in total. The summed E-state index contributed by atoms with van der Waals surface area (Å²) in [4.78, 5) is 0. The molecule has 0 bridgehead atoms. The Morgan fingerprint density at radius 2 is 1.52 bits per heavy atom. The minimum atomic E-state index is 0.681. The first-order valence-electron chi connectivity index (χ1n) is 8.71. The van der Waals surface area contributed by atoms with Crippen LogP contribution in [0.1, 0.15) is 37.2 Å². The van der Waals surface area contributed by atoms with Crippen molar-refractivity contribution in [3.05, 3.63) is 72.8 Å². The van der Waals surface area contributed by atoms with Gasteiger partial charge in [-0.1, -0.05) is 60.7 Å². The van der Waals surface area contributed by atoms with Gasteiger partial charge in [0.1, 0.15) is 0 Å². The molecule has 23 heavy (non-hydrogen) atoms. The molecule has 0 aromatic heterocycles. The van der Waals surface area contributed by atoms with Crippen LogP contribution in [0.2, 0.25) is 0 Å². The third-order valence-corrected chi connectivity index (χ3v) is 4.93. The van der Waals surface area contributed by atoms with E-state index in [1.54, 1.807) is 0 Å². The van der Waals surface area contributed by atoms with E-state index in [9.17, 15) is 0 Å². The average Bonchev–Trinajstić information content (AvgIpc) is 2.63. The second-order valence-electron chi connectivity index (χ2n) is 6.53. The zero-order valence-electron chi connectivity index (χ0n) is 13.8. The van der Waals surface area contributed by atoms with Gasteiger partial charge in [0.25, 0.3) is 0 Å². The third-order valence-electron chi connectivity index (χ3n) is 4.93. The lowest BCUT2D eigenvalue weighted by molar-refractivity contribution is 0.102. The van der Waals surface area contributed by atoms with Crippen LogP contribution >= 0.6 is 0 Å². The largest absolute Gasteiger partial charge is 0.377 e. The van der Waals surface area contributed by atoms with Crippen LogP contribution in [-0.4, -0.2) is 13.2 Å². The van der Waals surface area contributed by atoms with Gasteiger partial charge in [-0.15, -0.1) is 6.58 Å². The van der Waals surface area contributed by atoms with E-state index in [1.807, 2.05) is 6.08 Å². The highest BCUT2D eigenvalue weighted by Crippen LogP contribution is 2.36. The van der Waals surface area contributed by atoms with Crippen LogP contribution in [0.5, 0.6) is 0 Å². The molecule has 0 spiro atoms. The number of rotatable bonds is 6. The summed E-state index contributed by atoms with van der Waals surface area (Å²) in [5, 5.41) is 0. The Labute approximate surface area is 140 Å². The molecule has 2 aromatic carbocycles. The Morgan fingerprint density at radius 3 is 2.17 bits per heavy atom. The highest BCUT2D eigenvalue weighted by Gasteiger charge is 2.22. The molecule has 3 rings (SSSR count). The van der Waals surface area contributed by atoms with Crippen LogP contribution in [0.4, 0.5) is 0 Å². The Morgan fingerprint density at radius 1 is 0.870 bits per heavy atom. The van der Waals surface area contributed by atoms with Gasteiger partial charge >= 0.3 is 0 Å². The van der Waals surface area contributed by atoms with Crippen LogP contribution in [0.15, 0.2) is 67.3 Å². The topological polar surface area (TPSA) is 9.23 Å². The summed E-state index contributed by atoms with van der Waals surface area (Å²) >= 11 is 0. The standard InChI is InChI=1S/C22H26O/c1-2-16-23-17-18-8-10-20(11-9-18)22-14-12-21(13-15-22)19-6-4-3-5-7-19/h2-7,12-15,18,20H,1,8-11,16-17H2. The Bertz CT molecular complexity index is 592. The minimum absolute atomic E-state index is 0.681. The van der Waals surface area contributed by atoms with Crippen molar-refractivity contribution in [2.24, 2.45) is 5.92 Å². The van der Waals surface area contributed by atoms with Gasteiger partial charge in [0.2, 0.25) is 0 Å². The summed E-state index contributed by atoms with van der Waals surface area (Å²) in [6.07, 6.45) is 6.96. The smallest absolute Gasteiger partial charge is 0.0644 e. The predicted molar refractivity (Wildman–Crippen MR) is 97.6 cm³/mol. The molecule has 0 amide bonds. The van der Waals surface area contributed by atoms with Crippen LogP contribution in [0.3, 0.4) is 0 Å². The number of hydrogen-bond acceptors (Lipinski definition) is 1. The molecule has 1 fully saturated rings. The van der Waals surface area contributed by atoms with Crippen molar-refractivity contribution >= 4 is 0 Å². The Hall–Kier alpha value is -1.86. The number of ether oxygens (including phenoxy) is 1. The van der Waals surface area contributed by atoms with E-state index in [-0.39, 0.29) is 0 Å². The lowest BCUT2D eigenvalue weighted by Crippen LogP contribution is -2.18. The summed E-state index contributed by atoms with van der Waals surface area (Å²) in [6.45, 7) is 5.27. The molecule has 0 aliphatic heterocycles. The van der Waals surface area contributed by atoms with Gasteiger partial charge in [-0.05, 0) is 54.2 Å². The van der Waals surface area contributed by atoms with E-state index >= 15 is 0 Å². The fraction of sp³-hybridized carbons (Fsp3) is 0.364. The van der Waals surface area contributed by atoms with E-state index in [0.717, 1.165) is 18.4 Å². The first-order chi connectivity index (χ1) is 11.4. The maximum Gasteiger partial charge on any atom is 0.0644 e. The van der Waals surface area contributed by atoms with Crippen molar-refractivity contribution in [2.75, 3.05) is 13.2 Å². The molecule has 1 saturated carbocycles. The number of benzene rings is 2. The zero-order valence-corrected chi connectivity index (χ0v) is 13.8. The van der Waals surface area contributed by atoms with Crippen LogP contribution in [-0.2, 0) is 4.74 Å². The fourth-order valence-electron chi connectivity index (χ4n) is 3.56. The van der Waals surface area contributed by atoms with E-state index < -0.39 is 0 Å². The Balaban J connectivity index is 1.56.